The maximum atomic E-state index is 13.0. The molecule has 0 amide bonds. The van der Waals surface area contributed by atoms with E-state index in [2.05, 4.69) is 37.2 Å². The molecule has 0 unspecified atom stereocenters. The van der Waals surface area contributed by atoms with Crippen molar-refractivity contribution in [3.05, 3.63) is 86.6 Å². The maximum absolute atomic E-state index is 13.0. The Morgan fingerprint density at radius 3 is 2.11 bits per heavy atom. The van der Waals surface area contributed by atoms with Crippen LogP contribution in [-0.2, 0) is 13.2 Å². The van der Waals surface area contributed by atoms with Gasteiger partial charge in [-0.25, -0.2) is 4.39 Å². The molecule has 28 heavy (non-hydrogen) atoms. The van der Waals surface area contributed by atoms with Gasteiger partial charge in [0.1, 0.15) is 23.9 Å². The van der Waals surface area contributed by atoms with Crippen LogP contribution < -0.4 is 14.8 Å². The van der Waals surface area contributed by atoms with Crippen LogP contribution in [0.5, 0.6) is 11.5 Å². The molecule has 0 bridgehead atoms. The number of ether oxygens (including phenoxy) is 2. The zero-order valence-electron chi connectivity index (χ0n) is 15.3. The molecule has 0 atom stereocenters. The van der Waals surface area contributed by atoms with Gasteiger partial charge >= 0.3 is 0 Å². The summed E-state index contributed by atoms with van der Waals surface area (Å²) in [6, 6.07) is 18.2. The third-order valence-corrected chi connectivity index (χ3v) is 5.19. The minimum atomic E-state index is -0.254. The monoisotopic (exact) mass is 507 g/mol. The summed E-state index contributed by atoms with van der Waals surface area (Å²) in [5.74, 6) is 1.32. The van der Waals surface area contributed by atoms with Crippen molar-refractivity contribution < 1.29 is 13.9 Å². The third-order valence-electron chi connectivity index (χ3n) is 4.02. The summed E-state index contributed by atoms with van der Waals surface area (Å²) in [6.07, 6.45) is 0. The Morgan fingerprint density at radius 1 is 0.857 bits per heavy atom. The van der Waals surface area contributed by atoms with E-state index >= 15 is 0 Å². The van der Waals surface area contributed by atoms with Gasteiger partial charge in [0, 0.05) is 12.2 Å². The molecule has 0 aromatic heterocycles. The highest BCUT2D eigenvalue weighted by Gasteiger charge is 2.10. The summed E-state index contributed by atoms with van der Waals surface area (Å²) in [6.45, 7) is 3.66. The zero-order chi connectivity index (χ0) is 19.9. The molecule has 3 nitrogen and oxygen atoms in total. The fraction of sp³-hybridized carbons (Fsp3) is 0.182. The molecule has 0 radical (unpaired) electrons. The van der Waals surface area contributed by atoms with E-state index in [0.717, 1.165) is 31.5 Å². The summed E-state index contributed by atoms with van der Waals surface area (Å²) >= 11 is 7.15. The lowest BCUT2D eigenvalue weighted by atomic mass is 10.2. The molecular weight excluding hydrogens is 489 g/mol. The Labute approximate surface area is 181 Å². The number of hydrogen-bond donors (Lipinski definition) is 1. The molecule has 0 aliphatic carbocycles. The molecule has 0 aliphatic rings. The minimum absolute atomic E-state index is 0.254. The van der Waals surface area contributed by atoms with Gasteiger partial charge in [0.2, 0.25) is 0 Å². The number of halogens is 3. The van der Waals surface area contributed by atoms with Crippen molar-refractivity contribution in [3.8, 4) is 11.5 Å². The first kappa shape index (κ1) is 20.7. The molecule has 146 valence electrons. The van der Waals surface area contributed by atoms with Crippen LogP contribution in [0, 0.1) is 5.82 Å². The first-order valence-corrected chi connectivity index (χ1v) is 10.5. The highest BCUT2D eigenvalue weighted by molar-refractivity contribution is 9.11. The third kappa shape index (κ3) is 5.72. The van der Waals surface area contributed by atoms with E-state index in [1.54, 1.807) is 12.1 Å². The van der Waals surface area contributed by atoms with Gasteiger partial charge in [0.05, 0.1) is 15.6 Å². The fourth-order valence-electron chi connectivity index (χ4n) is 2.63. The summed E-state index contributed by atoms with van der Waals surface area (Å²) < 4.78 is 26.1. The number of hydrogen-bond acceptors (Lipinski definition) is 3. The summed E-state index contributed by atoms with van der Waals surface area (Å²) in [5, 5.41) is 3.39. The Morgan fingerprint density at radius 2 is 1.50 bits per heavy atom. The number of benzene rings is 3. The largest absolute Gasteiger partial charge is 0.494 e. The average molecular weight is 509 g/mol. The molecule has 0 fully saturated rings. The predicted molar refractivity (Wildman–Crippen MR) is 118 cm³/mol. The smallest absolute Gasteiger partial charge is 0.148 e. The number of nitrogens with one attached hydrogen (secondary N) is 1. The standard InChI is InChI=1S/C22H20Br2FNO2/c1-2-27-19-9-7-18(8-10-19)26-13-16-11-20(23)22(21(24)12-16)28-14-15-3-5-17(25)6-4-15/h3-12,26H,2,13-14H2,1H3. The van der Waals surface area contributed by atoms with E-state index < -0.39 is 0 Å². The van der Waals surface area contributed by atoms with Crippen LogP contribution in [0.1, 0.15) is 18.1 Å². The molecule has 0 heterocycles. The van der Waals surface area contributed by atoms with Crippen molar-refractivity contribution in [1.29, 1.82) is 0 Å². The minimum Gasteiger partial charge on any atom is -0.494 e. The lowest BCUT2D eigenvalue weighted by molar-refractivity contribution is 0.302. The van der Waals surface area contributed by atoms with E-state index in [0.29, 0.717) is 25.5 Å². The Hall–Kier alpha value is -2.05. The lowest BCUT2D eigenvalue weighted by Crippen LogP contribution is -2.02. The summed E-state index contributed by atoms with van der Waals surface area (Å²) in [4.78, 5) is 0. The second kappa shape index (κ2) is 9.94. The van der Waals surface area contributed by atoms with Crippen molar-refractivity contribution in [2.24, 2.45) is 0 Å². The van der Waals surface area contributed by atoms with Gasteiger partial charge < -0.3 is 14.8 Å². The lowest BCUT2D eigenvalue weighted by Gasteiger charge is -2.13. The van der Waals surface area contributed by atoms with Crippen LogP contribution in [0.15, 0.2) is 69.6 Å². The SMILES string of the molecule is CCOc1ccc(NCc2cc(Br)c(OCc3ccc(F)cc3)c(Br)c2)cc1. The van der Waals surface area contributed by atoms with Gasteiger partial charge in [-0.05, 0) is 98.4 Å². The van der Waals surface area contributed by atoms with Crippen LogP contribution in [0.25, 0.3) is 0 Å². The second-order valence-electron chi connectivity index (χ2n) is 6.11. The molecule has 3 rings (SSSR count). The normalized spacial score (nSPS) is 10.6. The van der Waals surface area contributed by atoms with E-state index in [4.69, 9.17) is 9.47 Å². The van der Waals surface area contributed by atoms with Crippen molar-refractivity contribution in [2.75, 3.05) is 11.9 Å². The van der Waals surface area contributed by atoms with Crippen molar-refractivity contribution in [2.45, 2.75) is 20.1 Å². The van der Waals surface area contributed by atoms with Crippen LogP contribution in [0.3, 0.4) is 0 Å². The van der Waals surface area contributed by atoms with E-state index in [1.165, 1.54) is 12.1 Å². The second-order valence-corrected chi connectivity index (χ2v) is 7.82. The van der Waals surface area contributed by atoms with Gasteiger partial charge in [-0.3, -0.25) is 0 Å². The van der Waals surface area contributed by atoms with E-state index in [9.17, 15) is 4.39 Å². The highest BCUT2D eigenvalue weighted by atomic mass is 79.9. The Kier molecular flexibility index (Phi) is 7.34. The van der Waals surface area contributed by atoms with Crippen molar-refractivity contribution in [3.63, 3.8) is 0 Å². The van der Waals surface area contributed by atoms with Gasteiger partial charge in [0.25, 0.3) is 0 Å². The topological polar surface area (TPSA) is 30.5 Å². The molecule has 6 heteroatoms. The van der Waals surface area contributed by atoms with Crippen molar-refractivity contribution >= 4 is 37.5 Å². The summed E-state index contributed by atoms with van der Waals surface area (Å²) in [7, 11) is 0. The van der Waals surface area contributed by atoms with E-state index in [1.807, 2.05) is 43.3 Å². The zero-order valence-corrected chi connectivity index (χ0v) is 18.5. The quantitative estimate of drug-likeness (QED) is 0.357. The van der Waals surface area contributed by atoms with Crippen molar-refractivity contribution in [1.82, 2.24) is 0 Å². The van der Waals surface area contributed by atoms with Crippen LogP contribution in [0.2, 0.25) is 0 Å². The van der Waals surface area contributed by atoms with Gasteiger partial charge in [0.15, 0.2) is 0 Å². The van der Waals surface area contributed by atoms with E-state index in [-0.39, 0.29) is 5.82 Å². The maximum Gasteiger partial charge on any atom is 0.148 e. The van der Waals surface area contributed by atoms with Gasteiger partial charge in [-0.15, -0.1) is 0 Å². The van der Waals surface area contributed by atoms with Crippen LogP contribution in [0.4, 0.5) is 10.1 Å². The fourth-order valence-corrected chi connectivity index (χ4v) is 4.14. The van der Waals surface area contributed by atoms with Crippen LogP contribution in [-0.4, -0.2) is 6.61 Å². The molecular formula is C22H20Br2FNO2. The van der Waals surface area contributed by atoms with Crippen LogP contribution >= 0.6 is 31.9 Å². The first-order valence-electron chi connectivity index (χ1n) is 8.87. The average Bonchev–Trinajstić information content (AvgIpc) is 2.68. The molecule has 0 saturated heterocycles. The molecule has 0 saturated carbocycles. The Bertz CT molecular complexity index is 892. The Balaban J connectivity index is 1.61. The molecule has 0 spiro atoms. The number of anilines is 1. The first-order chi connectivity index (χ1) is 13.5. The molecule has 3 aromatic carbocycles. The van der Waals surface area contributed by atoms with Gasteiger partial charge in [-0.1, -0.05) is 12.1 Å². The summed E-state index contributed by atoms with van der Waals surface area (Å²) in [5.41, 5.74) is 3.02. The number of rotatable bonds is 8. The molecule has 0 aliphatic heterocycles. The molecule has 3 aromatic rings. The molecule has 1 N–H and O–H groups in total. The van der Waals surface area contributed by atoms with Gasteiger partial charge in [-0.2, -0.15) is 0 Å². The highest BCUT2D eigenvalue weighted by Crippen LogP contribution is 2.35. The predicted octanol–water partition coefficient (Wildman–Crippen LogP) is 6.94.